The van der Waals surface area contributed by atoms with Gasteiger partial charge in [-0.25, -0.2) is 17.8 Å². The SMILES string of the molecule is Cc1cccc(N(C)C(=O)C2C(O)CCN2c2nc(C)cc(C(F)(F)F)c2C#N)c1.O=C(Nc1ccc(O)c(NS(=O)(=O)c2ccc(F)cc2)c1)c1ccc(-c2ccccc2)cc1. The maximum Gasteiger partial charge on any atom is 0.417 e. The molecule has 2 amide bonds. The summed E-state index contributed by atoms with van der Waals surface area (Å²) in [7, 11) is -2.53. The van der Waals surface area contributed by atoms with Gasteiger partial charge in [-0.2, -0.15) is 18.4 Å². The molecule has 2 heterocycles. The summed E-state index contributed by atoms with van der Waals surface area (Å²) in [5.41, 5.74) is 2.39. The number of nitriles is 1. The first-order valence-corrected chi connectivity index (χ1v) is 20.7. The van der Waals surface area contributed by atoms with E-state index in [1.54, 1.807) is 36.4 Å². The molecule has 1 aliphatic heterocycles. The number of rotatable bonds is 9. The largest absolute Gasteiger partial charge is 0.506 e. The Balaban J connectivity index is 0.000000211. The minimum absolute atomic E-state index is 0.0657. The fourth-order valence-corrected chi connectivity index (χ4v) is 7.90. The molecule has 5 aromatic carbocycles. The highest BCUT2D eigenvalue weighted by Gasteiger charge is 2.44. The fraction of sp³-hybridized carbons (Fsp3) is 0.174. The summed E-state index contributed by atoms with van der Waals surface area (Å²) in [6.07, 6.45) is -5.68. The van der Waals surface area contributed by atoms with Crippen molar-refractivity contribution in [3.05, 3.63) is 161 Å². The van der Waals surface area contributed by atoms with Gasteiger partial charge in [-0.15, -0.1) is 0 Å². The van der Waals surface area contributed by atoms with Crippen molar-refractivity contribution >= 4 is 44.7 Å². The number of aromatic nitrogens is 1. The van der Waals surface area contributed by atoms with Crippen LogP contribution in [0.4, 0.5) is 40.4 Å². The van der Waals surface area contributed by atoms with Gasteiger partial charge < -0.3 is 25.3 Å². The van der Waals surface area contributed by atoms with Crippen molar-refractivity contribution in [3.63, 3.8) is 0 Å². The average molecular weight is 881 g/mol. The molecule has 12 nitrogen and oxygen atoms in total. The monoisotopic (exact) mass is 880 g/mol. The molecule has 1 aromatic heterocycles. The van der Waals surface area contributed by atoms with Crippen LogP contribution in [0.15, 0.2) is 132 Å². The fourth-order valence-electron chi connectivity index (χ4n) is 6.83. The third-order valence-corrected chi connectivity index (χ3v) is 11.4. The third-order valence-electron chi connectivity index (χ3n) is 10.0. The van der Waals surface area contributed by atoms with Gasteiger partial charge >= 0.3 is 6.18 Å². The summed E-state index contributed by atoms with van der Waals surface area (Å²) < 4.78 is 80.9. The number of carbonyl (C=O) groups is 2. The smallest absolute Gasteiger partial charge is 0.417 e. The zero-order valence-electron chi connectivity index (χ0n) is 33.9. The van der Waals surface area contributed by atoms with Crippen molar-refractivity contribution in [1.82, 2.24) is 4.98 Å². The van der Waals surface area contributed by atoms with Gasteiger partial charge in [-0.05, 0) is 110 Å². The quantitative estimate of drug-likeness (QED) is 0.0631. The van der Waals surface area contributed by atoms with Crippen LogP contribution >= 0.6 is 0 Å². The number of nitrogens with one attached hydrogen (secondary N) is 2. The summed E-state index contributed by atoms with van der Waals surface area (Å²) in [4.78, 5) is 32.5. The summed E-state index contributed by atoms with van der Waals surface area (Å²) >= 11 is 0. The predicted octanol–water partition coefficient (Wildman–Crippen LogP) is 8.44. The predicted molar refractivity (Wildman–Crippen MR) is 230 cm³/mol. The molecule has 0 bridgehead atoms. The number of pyridine rings is 1. The number of carbonyl (C=O) groups excluding carboxylic acids is 2. The highest BCUT2D eigenvalue weighted by atomic mass is 32.2. The normalized spacial score (nSPS) is 14.8. The Hall–Kier alpha value is -7.29. The standard InChI is InChI=1S/C25H19FN2O4S.C21H21F3N4O2/c26-20-10-13-22(14-11-20)33(31,32)28-23-16-21(12-15-24(23)29)27-25(30)19-8-6-18(7-9-19)17-4-2-1-3-5-17;1-12-5-4-6-14(9-12)27(3)20(30)18-17(29)7-8-28(18)19-15(11-25)16(21(22,23)24)10-13(2)26-19/h1-16,28-29H,(H,27,30);4-6,9-10,17-18,29H,7-8H2,1-3H3. The topological polar surface area (TPSA) is 176 Å². The number of alkyl halides is 3. The van der Waals surface area contributed by atoms with Gasteiger partial charge in [0, 0.05) is 36.2 Å². The van der Waals surface area contributed by atoms with Crippen molar-refractivity contribution < 1.29 is 45.8 Å². The van der Waals surface area contributed by atoms with E-state index < -0.39 is 57.1 Å². The number of aromatic hydroxyl groups is 1. The van der Waals surface area contributed by atoms with Crippen molar-refractivity contribution in [3.8, 4) is 22.9 Å². The Labute approximate surface area is 360 Å². The zero-order chi connectivity index (χ0) is 45.6. The molecule has 4 N–H and O–H groups in total. The van der Waals surface area contributed by atoms with Gasteiger partial charge in [0.1, 0.15) is 35.1 Å². The number of amides is 2. The molecule has 2 atom stereocenters. The molecule has 0 spiro atoms. The molecule has 17 heteroatoms. The Morgan fingerprint density at radius 3 is 2.19 bits per heavy atom. The van der Waals surface area contributed by atoms with Crippen LogP contribution in [0.3, 0.4) is 0 Å². The van der Waals surface area contributed by atoms with E-state index in [-0.39, 0.29) is 46.5 Å². The molecule has 7 rings (SSSR count). The second kappa shape index (κ2) is 18.8. The zero-order valence-corrected chi connectivity index (χ0v) is 34.7. The molecule has 63 heavy (non-hydrogen) atoms. The van der Waals surface area contributed by atoms with Crippen LogP contribution in [0.1, 0.15) is 39.2 Å². The molecule has 6 aromatic rings. The second-order valence-electron chi connectivity index (χ2n) is 14.5. The Morgan fingerprint density at radius 1 is 0.889 bits per heavy atom. The van der Waals surface area contributed by atoms with Crippen molar-refractivity contribution in [2.24, 2.45) is 0 Å². The molecule has 1 saturated heterocycles. The molecule has 2 unspecified atom stereocenters. The maximum atomic E-state index is 13.5. The van der Waals surface area contributed by atoms with E-state index in [1.807, 2.05) is 55.5 Å². The Kier molecular flexibility index (Phi) is 13.5. The lowest BCUT2D eigenvalue weighted by Crippen LogP contribution is -2.49. The van der Waals surface area contributed by atoms with E-state index in [2.05, 4.69) is 15.0 Å². The third kappa shape index (κ3) is 10.6. The first-order chi connectivity index (χ1) is 29.9. The van der Waals surface area contributed by atoms with E-state index >= 15 is 0 Å². The van der Waals surface area contributed by atoms with Gasteiger partial charge in [-0.3, -0.25) is 14.3 Å². The van der Waals surface area contributed by atoms with E-state index in [4.69, 9.17) is 0 Å². The van der Waals surface area contributed by atoms with Gasteiger partial charge in [0.2, 0.25) is 0 Å². The first-order valence-electron chi connectivity index (χ1n) is 19.2. The summed E-state index contributed by atoms with van der Waals surface area (Å²) in [6.45, 7) is 3.36. The van der Waals surface area contributed by atoms with Gasteiger partial charge in [0.15, 0.2) is 0 Å². The van der Waals surface area contributed by atoms with Crippen LogP contribution in [-0.2, 0) is 21.0 Å². The summed E-state index contributed by atoms with van der Waals surface area (Å²) in [5, 5.41) is 32.7. The highest BCUT2D eigenvalue weighted by Crippen LogP contribution is 2.38. The van der Waals surface area contributed by atoms with Crippen molar-refractivity contribution in [1.29, 1.82) is 5.26 Å². The number of anilines is 4. The number of phenols is 1. The molecule has 0 saturated carbocycles. The number of hydrogen-bond acceptors (Lipinski definition) is 9. The number of aliphatic hydroxyl groups is 1. The molecular weight excluding hydrogens is 841 g/mol. The van der Waals surface area contributed by atoms with Gasteiger partial charge in [-0.1, -0.05) is 54.6 Å². The molecule has 0 radical (unpaired) electrons. The van der Waals surface area contributed by atoms with E-state index in [1.165, 1.54) is 42.0 Å². The maximum absolute atomic E-state index is 13.5. The molecule has 0 aliphatic carbocycles. The highest BCUT2D eigenvalue weighted by molar-refractivity contribution is 7.92. The minimum Gasteiger partial charge on any atom is -0.506 e. The van der Waals surface area contributed by atoms with Crippen LogP contribution < -0.4 is 19.8 Å². The van der Waals surface area contributed by atoms with Crippen LogP contribution in [0.2, 0.25) is 0 Å². The molecular formula is C46H40F4N6O6S. The minimum atomic E-state index is -4.75. The van der Waals surface area contributed by atoms with Crippen LogP contribution in [0.25, 0.3) is 11.1 Å². The van der Waals surface area contributed by atoms with E-state index in [0.29, 0.717) is 11.3 Å². The number of hydrogen-bond donors (Lipinski definition) is 4. The van der Waals surface area contributed by atoms with Crippen LogP contribution in [0, 0.1) is 31.0 Å². The number of likely N-dealkylation sites (N-methyl/N-ethyl adjacent to an activating group) is 1. The lowest BCUT2D eigenvalue weighted by Gasteiger charge is -2.31. The summed E-state index contributed by atoms with van der Waals surface area (Å²) in [5.74, 6) is -2.03. The molecule has 1 fully saturated rings. The molecule has 324 valence electrons. The number of benzene rings is 5. The number of sulfonamides is 1. The number of aryl methyl sites for hydroxylation is 2. The molecule has 1 aliphatic rings. The van der Waals surface area contributed by atoms with Crippen LogP contribution in [0.5, 0.6) is 5.75 Å². The Bertz CT molecular complexity index is 2790. The van der Waals surface area contributed by atoms with Gasteiger partial charge in [0.25, 0.3) is 21.8 Å². The van der Waals surface area contributed by atoms with Crippen molar-refractivity contribution in [2.75, 3.05) is 33.4 Å². The average Bonchev–Trinajstić information content (AvgIpc) is 3.65. The number of aliphatic hydroxyl groups excluding tert-OH is 1. The number of phenolic OH excluding ortho intramolecular Hbond substituents is 1. The van der Waals surface area contributed by atoms with Gasteiger partial charge in [0.05, 0.1) is 22.3 Å². The lowest BCUT2D eigenvalue weighted by molar-refractivity contribution is -0.137. The Morgan fingerprint density at radius 2 is 1.56 bits per heavy atom. The number of halogens is 4. The van der Waals surface area contributed by atoms with Crippen molar-refractivity contribution in [2.45, 2.75) is 43.5 Å². The lowest BCUT2D eigenvalue weighted by atomic mass is 10.0. The number of nitrogens with zero attached hydrogens (tertiary/aromatic N) is 4. The van der Waals surface area contributed by atoms with E-state index in [9.17, 15) is 51.0 Å². The van der Waals surface area contributed by atoms with E-state index in [0.717, 1.165) is 47.0 Å². The summed E-state index contributed by atoms with van der Waals surface area (Å²) in [6, 6.07) is 33.5. The first kappa shape index (κ1) is 45.2. The van der Waals surface area contributed by atoms with Crippen LogP contribution in [-0.4, -0.2) is 61.2 Å². The second-order valence-corrected chi connectivity index (χ2v) is 16.2.